The molecule has 0 aliphatic rings. The molecule has 0 radical (unpaired) electrons. The van der Waals surface area contributed by atoms with Crippen LogP contribution in [-0.4, -0.2) is 33.9 Å². The number of nitrogens with one attached hydrogen (secondary N) is 1. The van der Waals surface area contributed by atoms with Gasteiger partial charge in [-0.05, 0) is 25.1 Å². The smallest absolute Gasteiger partial charge is 0.346 e. The number of hydrogen-bond acceptors (Lipinski definition) is 4. The van der Waals surface area contributed by atoms with Crippen LogP contribution in [0.5, 0.6) is 0 Å². The second kappa shape index (κ2) is 7.56. The topological polar surface area (TPSA) is 64.0 Å². The molecule has 0 atom stereocenters. The van der Waals surface area contributed by atoms with E-state index in [9.17, 15) is 22.8 Å². The highest BCUT2D eigenvalue weighted by molar-refractivity contribution is 9.10. The van der Waals surface area contributed by atoms with Gasteiger partial charge in [0.05, 0.1) is 16.7 Å². The van der Waals surface area contributed by atoms with Crippen LogP contribution < -0.4 is 10.9 Å². The molecule has 5 nitrogen and oxygen atoms in total. The van der Waals surface area contributed by atoms with Crippen molar-refractivity contribution in [3.63, 3.8) is 0 Å². The Morgan fingerprint density at radius 1 is 1.42 bits per heavy atom. The second-order valence-corrected chi connectivity index (χ2v) is 6.64. The van der Waals surface area contributed by atoms with Gasteiger partial charge in [0.2, 0.25) is 5.91 Å². The molecule has 0 aliphatic carbocycles. The number of halogens is 4. The van der Waals surface area contributed by atoms with Crippen molar-refractivity contribution in [2.24, 2.45) is 0 Å². The Kier molecular flexibility index (Phi) is 5.92. The SMILES string of the molecule is CCn1c(SCC(=O)NCC(F)(F)F)nc2ccc(Br)cc2c1=O. The fourth-order valence-electron chi connectivity index (χ4n) is 1.94. The van der Waals surface area contributed by atoms with Crippen LogP contribution in [0.25, 0.3) is 10.9 Å². The van der Waals surface area contributed by atoms with Gasteiger partial charge in [0.1, 0.15) is 6.54 Å². The Hall–Kier alpha value is -1.55. The highest BCUT2D eigenvalue weighted by atomic mass is 79.9. The molecule has 0 unspecified atom stereocenters. The molecule has 0 saturated carbocycles. The Bertz CT molecular complexity index is 823. The van der Waals surface area contributed by atoms with Gasteiger partial charge < -0.3 is 5.32 Å². The predicted octanol–water partition coefficient (Wildman–Crippen LogP) is 2.95. The zero-order valence-corrected chi connectivity index (χ0v) is 14.9. The molecular weight excluding hydrogens is 411 g/mol. The lowest BCUT2D eigenvalue weighted by atomic mass is 10.2. The summed E-state index contributed by atoms with van der Waals surface area (Å²) in [5.41, 5.74) is 0.202. The van der Waals surface area contributed by atoms with Gasteiger partial charge in [0.25, 0.3) is 5.56 Å². The van der Waals surface area contributed by atoms with E-state index in [1.54, 1.807) is 30.4 Å². The number of carbonyl (C=O) groups is 1. The van der Waals surface area contributed by atoms with Crippen molar-refractivity contribution < 1.29 is 18.0 Å². The van der Waals surface area contributed by atoms with E-state index in [0.29, 0.717) is 22.6 Å². The summed E-state index contributed by atoms with van der Waals surface area (Å²) in [6, 6.07) is 5.05. The van der Waals surface area contributed by atoms with Crippen molar-refractivity contribution >= 4 is 44.5 Å². The Balaban J connectivity index is 2.21. The van der Waals surface area contributed by atoms with Crippen molar-refractivity contribution in [3.05, 3.63) is 33.0 Å². The minimum atomic E-state index is -4.46. The summed E-state index contributed by atoms with van der Waals surface area (Å²) in [7, 11) is 0. The molecule has 0 fully saturated rings. The summed E-state index contributed by atoms with van der Waals surface area (Å²) in [5, 5.41) is 2.50. The fraction of sp³-hybridized carbons (Fsp3) is 0.357. The number of hydrogen-bond donors (Lipinski definition) is 1. The molecule has 10 heteroatoms. The van der Waals surface area contributed by atoms with Gasteiger partial charge in [0.15, 0.2) is 5.16 Å². The van der Waals surface area contributed by atoms with Crippen LogP contribution in [0.1, 0.15) is 6.92 Å². The van der Waals surface area contributed by atoms with E-state index in [0.717, 1.165) is 16.2 Å². The van der Waals surface area contributed by atoms with E-state index < -0.39 is 18.6 Å². The molecule has 1 aromatic heterocycles. The Morgan fingerprint density at radius 2 is 2.12 bits per heavy atom. The molecule has 1 amide bonds. The molecule has 24 heavy (non-hydrogen) atoms. The van der Waals surface area contributed by atoms with Crippen molar-refractivity contribution in [2.45, 2.75) is 24.8 Å². The molecule has 2 aromatic rings. The zero-order valence-electron chi connectivity index (χ0n) is 12.5. The number of thioether (sulfide) groups is 1. The minimum Gasteiger partial charge on any atom is -0.346 e. The molecule has 1 aromatic carbocycles. The Labute approximate surface area is 147 Å². The lowest BCUT2D eigenvalue weighted by Crippen LogP contribution is -2.35. The average molecular weight is 424 g/mol. The first-order chi connectivity index (χ1) is 11.2. The number of fused-ring (bicyclic) bond motifs is 1. The fourth-order valence-corrected chi connectivity index (χ4v) is 3.20. The van der Waals surface area contributed by atoms with Crippen molar-refractivity contribution in [1.29, 1.82) is 0 Å². The molecule has 0 bridgehead atoms. The van der Waals surface area contributed by atoms with Crippen LogP contribution in [0.4, 0.5) is 13.2 Å². The van der Waals surface area contributed by atoms with Gasteiger partial charge in [-0.25, -0.2) is 4.98 Å². The molecule has 1 N–H and O–H groups in total. The first-order valence-corrected chi connectivity index (χ1v) is 8.65. The number of aromatic nitrogens is 2. The summed E-state index contributed by atoms with van der Waals surface area (Å²) < 4.78 is 38.3. The highest BCUT2D eigenvalue weighted by Crippen LogP contribution is 2.20. The third-order valence-corrected chi connectivity index (χ3v) is 4.49. The van der Waals surface area contributed by atoms with Crippen LogP contribution in [0.3, 0.4) is 0 Å². The Morgan fingerprint density at radius 3 is 2.75 bits per heavy atom. The maximum Gasteiger partial charge on any atom is 0.405 e. The number of carbonyl (C=O) groups excluding carboxylic acids is 1. The molecular formula is C14H13BrF3N3O2S. The maximum atomic E-state index is 12.5. The molecule has 1 heterocycles. The maximum absolute atomic E-state index is 12.5. The van der Waals surface area contributed by atoms with E-state index in [-0.39, 0.29) is 11.3 Å². The zero-order chi connectivity index (χ0) is 17.9. The molecule has 0 aliphatic heterocycles. The number of amides is 1. The monoisotopic (exact) mass is 423 g/mol. The quantitative estimate of drug-likeness (QED) is 0.593. The number of nitrogens with zero attached hydrogens (tertiary/aromatic N) is 2. The van der Waals surface area contributed by atoms with E-state index in [2.05, 4.69) is 20.9 Å². The lowest BCUT2D eigenvalue weighted by molar-refractivity contribution is -0.136. The molecule has 0 spiro atoms. The first kappa shape index (κ1) is 18.8. The second-order valence-electron chi connectivity index (χ2n) is 4.79. The number of benzene rings is 1. The summed E-state index contributed by atoms with van der Waals surface area (Å²) in [6.07, 6.45) is -4.46. The highest BCUT2D eigenvalue weighted by Gasteiger charge is 2.27. The number of alkyl halides is 3. The van der Waals surface area contributed by atoms with Gasteiger partial charge >= 0.3 is 6.18 Å². The molecule has 130 valence electrons. The van der Waals surface area contributed by atoms with E-state index >= 15 is 0 Å². The van der Waals surface area contributed by atoms with Gasteiger partial charge in [-0.2, -0.15) is 13.2 Å². The summed E-state index contributed by atoms with van der Waals surface area (Å²) in [6.45, 7) is 0.702. The molecule has 0 saturated heterocycles. The van der Waals surface area contributed by atoms with Gasteiger partial charge in [-0.15, -0.1) is 0 Å². The van der Waals surface area contributed by atoms with E-state index in [1.807, 2.05) is 0 Å². The third-order valence-electron chi connectivity index (χ3n) is 3.02. The van der Waals surface area contributed by atoms with E-state index in [1.165, 1.54) is 4.57 Å². The third kappa shape index (κ3) is 4.73. The van der Waals surface area contributed by atoms with Crippen molar-refractivity contribution in [2.75, 3.05) is 12.3 Å². The molecule has 2 rings (SSSR count). The lowest BCUT2D eigenvalue weighted by Gasteiger charge is -2.12. The summed E-state index contributed by atoms with van der Waals surface area (Å²) >= 11 is 4.21. The van der Waals surface area contributed by atoms with E-state index in [4.69, 9.17) is 0 Å². The van der Waals surface area contributed by atoms with Crippen molar-refractivity contribution in [1.82, 2.24) is 14.9 Å². The standard InChI is InChI=1S/C14H13BrF3N3O2S/c1-2-21-12(23)9-5-8(15)3-4-10(9)20-13(21)24-6-11(22)19-7-14(16,17)18/h3-5H,2,6-7H2,1H3,(H,19,22). The summed E-state index contributed by atoms with van der Waals surface area (Å²) in [4.78, 5) is 28.3. The van der Waals surface area contributed by atoms with Gasteiger partial charge in [0, 0.05) is 11.0 Å². The van der Waals surface area contributed by atoms with Crippen LogP contribution >= 0.6 is 27.7 Å². The van der Waals surface area contributed by atoms with Gasteiger partial charge in [-0.1, -0.05) is 27.7 Å². The normalized spacial score (nSPS) is 11.7. The minimum absolute atomic E-state index is 0.259. The van der Waals surface area contributed by atoms with Crippen molar-refractivity contribution in [3.8, 4) is 0 Å². The summed E-state index contributed by atoms with van der Waals surface area (Å²) in [5.74, 6) is -1.03. The first-order valence-electron chi connectivity index (χ1n) is 6.87. The van der Waals surface area contributed by atoms with Crippen LogP contribution in [0.15, 0.2) is 32.6 Å². The van der Waals surface area contributed by atoms with Gasteiger partial charge in [-0.3, -0.25) is 14.2 Å². The average Bonchev–Trinajstić information content (AvgIpc) is 2.51. The van der Waals surface area contributed by atoms with Crippen LogP contribution in [0, 0.1) is 0 Å². The van der Waals surface area contributed by atoms with Crippen LogP contribution in [-0.2, 0) is 11.3 Å². The largest absolute Gasteiger partial charge is 0.405 e. The van der Waals surface area contributed by atoms with Crippen LogP contribution in [0.2, 0.25) is 0 Å². The number of rotatable bonds is 5. The predicted molar refractivity (Wildman–Crippen MR) is 89.2 cm³/mol.